The van der Waals surface area contributed by atoms with Gasteiger partial charge >= 0.3 is 6.03 Å². The van der Waals surface area contributed by atoms with Crippen molar-refractivity contribution in [3.63, 3.8) is 0 Å². The molecule has 3 rings (SSSR count). The highest BCUT2D eigenvalue weighted by molar-refractivity contribution is 5.77. The average molecular weight is 266 g/mol. The number of nitrogens with zero attached hydrogens (tertiary/aromatic N) is 2. The molecule has 0 saturated carbocycles. The van der Waals surface area contributed by atoms with Gasteiger partial charge in [-0.25, -0.2) is 4.79 Å². The molecule has 3 aliphatic heterocycles. The molecule has 0 aromatic carbocycles. The molecule has 3 saturated heterocycles. The molecule has 2 N–H and O–H groups in total. The number of hydrogen-bond donors (Lipinski definition) is 2. The molecule has 0 bridgehead atoms. The normalized spacial score (nSPS) is 33.9. The highest BCUT2D eigenvalue weighted by Gasteiger charge is 2.36. The fourth-order valence-corrected chi connectivity index (χ4v) is 3.65. The molecule has 2 atom stereocenters. The predicted molar refractivity (Wildman–Crippen MR) is 75.1 cm³/mol. The van der Waals surface area contributed by atoms with Crippen LogP contribution in [0.25, 0.3) is 0 Å². The minimum Gasteiger partial charge on any atom is -0.333 e. The third-order valence-corrected chi connectivity index (χ3v) is 4.95. The molecule has 5 heteroatoms. The van der Waals surface area contributed by atoms with Crippen molar-refractivity contribution in [2.45, 2.75) is 37.8 Å². The average Bonchev–Trinajstić information content (AvgIpc) is 3.02. The van der Waals surface area contributed by atoms with Crippen molar-refractivity contribution in [2.75, 3.05) is 39.8 Å². The van der Waals surface area contributed by atoms with E-state index in [0.29, 0.717) is 18.0 Å². The summed E-state index contributed by atoms with van der Waals surface area (Å²) in [5.74, 6) is 0.668. The van der Waals surface area contributed by atoms with Crippen LogP contribution < -0.4 is 10.6 Å². The van der Waals surface area contributed by atoms with E-state index in [1.165, 1.54) is 38.8 Å². The number of likely N-dealkylation sites (tertiary alicyclic amines) is 1. The Bertz CT molecular complexity index is 321. The highest BCUT2D eigenvalue weighted by atomic mass is 16.2. The summed E-state index contributed by atoms with van der Waals surface area (Å²) >= 11 is 0. The maximum atomic E-state index is 12.1. The Morgan fingerprint density at radius 3 is 2.74 bits per heavy atom. The number of carbonyl (C=O) groups is 1. The van der Waals surface area contributed by atoms with Crippen molar-refractivity contribution in [3.05, 3.63) is 0 Å². The predicted octanol–water partition coefficient (Wildman–Crippen LogP) is 0.474. The fraction of sp³-hybridized carbons (Fsp3) is 0.929. The van der Waals surface area contributed by atoms with Gasteiger partial charge in [-0.15, -0.1) is 0 Å². The van der Waals surface area contributed by atoms with Crippen LogP contribution in [0.2, 0.25) is 0 Å². The van der Waals surface area contributed by atoms with E-state index in [9.17, 15) is 4.79 Å². The second-order valence-corrected chi connectivity index (χ2v) is 6.39. The lowest BCUT2D eigenvalue weighted by molar-refractivity contribution is 0.190. The summed E-state index contributed by atoms with van der Waals surface area (Å²) in [4.78, 5) is 16.5. The molecule has 2 amide bonds. The van der Waals surface area contributed by atoms with Gasteiger partial charge in [-0.3, -0.25) is 0 Å². The zero-order valence-electron chi connectivity index (χ0n) is 11.9. The Labute approximate surface area is 115 Å². The topological polar surface area (TPSA) is 47.6 Å². The lowest BCUT2D eigenvalue weighted by atomic mass is 9.90. The maximum Gasteiger partial charge on any atom is 0.317 e. The van der Waals surface area contributed by atoms with Crippen molar-refractivity contribution in [1.82, 2.24) is 20.4 Å². The van der Waals surface area contributed by atoms with E-state index in [2.05, 4.69) is 22.6 Å². The van der Waals surface area contributed by atoms with Crippen molar-refractivity contribution in [3.8, 4) is 0 Å². The minimum atomic E-state index is 0.151. The molecule has 3 heterocycles. The smallest absolute Gasteiger partial charge is 0.317 e. The Morgan fingerprint density at radius 1 is 1.26 bits per heavy atom. The molecule has 3 fully saturated rings. The van der Waals surface area contributed by atoms with Crippen LogP contribution in [0.3, 0.4) is 0 Å². The van der Waals surface area contributed by atoms with Gasteiger partial charge in [0.1, 0.15) is 0 Å². The van der Waals surface area contributed by atoms with E-state index in [1.54, 1.807) is 0 Å². The van der Waals surface area contributed by atoms with Gasteiger partial charge < -0.3 is 20.4 Å². The summed E-state index contributed by atoms with van der Waals surface area (Å²) < 4.78 is 0. The van der Waals surface area contributed by atoms with Crippen molar-refractivity contribution >= 4 is 6.03 Å². The van der Waals surface area contributed by atoms with Gasteiger partial charge in [-0.2, -0.15) is 0 Å². The lowest BCUT2D eigenvalue weighted by Crippen LogP contribution is -2.41. The second-order valence-electron chi connectivity index (χ2n) is 6.39. The third kappa shape index (κ3) is 3.03. The molecule has 0 aromatic rings. The van der Waals surface area contributed by atoms with Crippen LogP contribution >= 0.6 is 0 Å². The first kappa shape index (κ1) is 13.2. The zero-order valence-corrected chi connectivity index (χ0v) is 11.9. The van der Waals surface area contributed by atoms with E-state index in [-0.39, 0.29) is 6.03 Å². The third-order valence-electron chi connectivity index (χ3n) is 4.95. The molecule has 5 nitrogen and oxygen atoms in total. The van der Waals surface area contributed by atoms with E-state index in [4.69, 9.17) is 0 Å². The van der Waals surface area contributed by atoms with Crippen LogP contribution in [-0.4, -0.2) is 67.7 Å². The zero-order chi connectivity index (χ0) is 13.2. The van der Waals surface area contributed by atoms with Crippen molar-refractivity contribution in [2.24, 2.45) is 5.92 Å². The fourth-order valence-electron chi connectivity index (χ4n) is 3.65. The molecule has 0 radical (unpaired) electrons. The molecule has 0 aromatic heterocycles. The largest absolute Gasteiger partial charge is 0.333 e. The number of amides is 2. The lowest BCUT2D eigenvalue weighted by Gasteiger charge is -2.32. The summed E-state index contributed by atoms with van der Waals surface area (Å²) in [6.07, 6.45) is 4.90. The molecular formula is C14H26N4O. The second kappa shape index (κ2) is 5.67. The molecule has 0 aliphatic carbocycles. The summed E-state index contributed by atoms with van der Waals surface area (Å²) in [5, 5.41) is 6.68. The maximum absolute atomic E-state index is 12.1. The Kier molecular flexibility index (Phi) is 3.93. The van der Waals surface area contributed by atoms with Gasteiger partial charge in [0.25, 0.3) is 0 Å². The van der Waals surface area contributed by atoms with Crippen molar-refractivity contribution < 1.29 is 4.79 Å². The molecule has 108 valence electrons. The summed E-state index contributed by atoms with van der Waals surface area (Å²) in [6, 6.07) is 1.04. The van der Waals surface area contributed by atoms with Gasteiger partial charge in [0.2, 0.25) is 0 Å². The van der Waals surface area contributed by atoms with E-state index in [1.807, 2.05) is 4.90 Å². The van der Waals surface area contributed by atoms with Crippen LogP contribution in [0, 0.1) is 5.92 Å². The molecule has 2 unspecified atom stereocenters. The standard InChI is InChI=1S/C14H26N4O/c1-17-7-4-11(5-8-17)13-10-18(14(19)16-13)9-12-3-2-6-15-12/h11-13,15H,2-10H2,1H3,(H,16,19). The van der Waals surface area contributed by atoms with Gasteiger partial charge in [-0.05, 0) is 58.3 Å². The Hall–Kier alpha value is -0.810. The van der Waals surface area contributed by atoms with E-state index < -0.39 is 0 Å². The summed E-state index contributed by atoms with van der Waals surface area (Å²) in [6.45, 7) is 5.24. The Morgan fingerprint density at radius 2 is 2.05 bits per heavy atom. The first-order chi connectivity index (χ1) is 9.22. The molecule has 19 heavy (non-hydrogen) atoms. The quantitative estimate of drug-likeness (QED) is 0.781. The molecular weight excluding hydrogens is 240 g/mol. The number of nitrogens with one attached hydrogen (secondary N) is 2. The minimum absolute atomic E-state index is 0.151. The Balaban J connectivity index is 1.51. The number of rotatable bonds is 3. The summed E-state index contributed by atoms with van der Waals surface area (Å²) in [7, 11) is 2.18. The van der Waals surface area contributed by atoms with Crippen LogP contribution in [0.4, 0.5) is 4.79 Å². The highest BCUT2D eigenvalue weighted by Crippen LogP contribution is 2.23. The van der Waals surface area contributed by atoms with E-state index >= 15 is 0 Å². The van der Waals surface area contributed by atoms with Gasteiger partial charge in [0.15, 0.2) is 0 Å². The molecule has 0 spiro atoms. The number of urea groups is 1. The number of piperidine rings is 1. The molecule has 3 aliphatic rings. The number of hydrogen-bond acceptors (Lipinski definition) is 3. The first-order valence-corrected chi connectivity index (χ1v) is 7.70. The van der Waals surface area contributed by atoms with Crippen LogP contribution in [0.15, 0.2) is 0 Å². The van der Waals surface area contributed by atoms with Crippen LogP contribution in [-0.2, 0) is 0 Å². The first-order valence-electron chi connectivity index (χ1n) is 7.70. The monoisotopic (exact) mass is 266 g/mol. The SMILES string of the molecule is CN1CCC(C2CN(CC3CCCN3)C(=O)N2)CC1. The number of carbonyl (C=O) groups excluding carboxylic acids is 1. The van der Waals surface area contributed by atoms with Gasteiger partial charge in [-0.1, -0.05) is 0 Å². The van der Waals surface area contributed by atoms with Gasteiger partial charge in [0, 0.05) is 19.1 Å². The van der Waals surface area contributed by atoms with Crippen LogP contribution in [0.5, 0.6) is 0 Å². The van der Waals surface area contributed by atoms with Crippen molar-refractivity contribution in [1.29, 1.82) is 0 Å². The van der Waals surface area contributed by atoms with E-state index in [0.717, 1.165) is 19.6 Å². The van der Waals surface area contributed by atoms with Crippen LogP contribution in [0.1, 0.15) is 25.7 Å². The summed E-state index contributed by atoms with van der Waals surface area (Å²) in [5.41, 5.74) is 0. The van der Waals surface area contributed by atoms with Gasteiger partial charge in [0.05, 0.1) is 6.04 Å².